The predicted molar refractivity (Wildman–Crippen MR) is 88.2 cm³/mol. The van der Waals surface area contributed by atoms with E-state index >= 15 is 0 Å². The molecular weight excluding hydrogens is 425 g/mol. The maximum Gasteiger partial charge on any atom is 0.337 e. The van der Waals surface area contributed by atoms with E-state index in [-0.39, 0.29) is 16.8 Å². The monoisotopic (exact) mass is 431 g/mol. The number of rotatable bonds is 3. The molecule has 0 atom stereocenters. The molecule has 4 nitrogen and oxygen atoms in total. The topological polar surface area (TPSA) is 66.4 Å². The van der Waals surface area contributed by atoms with Gasteiger partial charge in [-0.25, -0.2) is 4.79 Å². The minimum Gasteiger partial charge on any atom is -0.478 e. The van der Waals surface area contributed by atoms with Crippen molar-refractivity contribution in [3.63, 3.8) is 0 Å². The third-order valence-corrected chi connectivity index (χ3v) is 4.06. The maximum atomic E-state index is 12.2. The highest BCUT2D eigenvalue weighted by Gasteiger charge is 2.18. The molecule has 7 heteroatoms. The fourth-order valence-corrected chi connectivity index (χ4v) is 3.24. The number of benzene rings is 2. The van der Waals surface area contributed by atoms with Crippen molar-refractivity contribution in [1.82, 2.24) is 0 Å². The normalized spacial score (nSPS) is 10.2. The van der Waals surface area contributed by atoms with Crippen LogP contribution >= 0.6 is 43.5 Å². The SMILES string of the molecule is O=C(Nc1c(Br)cc(Br)cc1C(=O)O)c1ccccc1Cl. The molecule has 0 saturated heterocycles. The summed E-state index contributed by atoms with van der Waals surface area (Å²) in [7, 11) is 0. The summed E-state index contributed by atoms with van der Waals surface area (Å²) >= 11 is 12.4. The largest absolute Gasteiger partial charge is 0.478 e. The number of carboxylic acids is 1. The van der Waals surface area contributed by atoms with Crippen molar-refractivity contribution in [3.8, 4) is 0 Å². The van der Waals surface area contributed by atoms with Gasteiger partial charge in [0.25, 0.3) is 5.91 Å². The van der Waals surface area contributed by atoms with E-state index in [1.807, 2.05) is 0 Å². The molecule has 0 spiro atoms. The van der Waals surface area contributed by atoms with E-state index in [1.165, 1.54) is 6.07 Å². The molecule has 0 aliphatic rings. The number of carboxylic acid groups (broad SMARTS) is 1. The second-order valence-electron chi connectivity index (χ2n) is 4.05. The highest BCUT2D eigenvalue weighted by Crippen LogP contribution is 2.31. The zero-order valence-corrected chi connectivity index (χ0v) is 14.3. The lowest BCUT2D eigenvalue weighted by Gasteiger charge is -2.12. The highest BCUT2D eigenvalue weighted by molar-refractivity contribution is 9.11. The van der Waals surface area contributed by atoms with Gasteiger partial charge in [0.1, 0.15) is 0 Å². The van der Waals surface area contributed by atoms with E-state index in [0.717, 1.165) is 0 Å². The number of hydrogen-bond acceptors (Lipinski definition) is 2. The van der Waals surface area contributed by atoms with Gasteiger partial charge in [0.15, 0.2) is 0 Å². The smallest absolute Gasteiger partial charge is 0.337 e. The van der Waals surface area contributed by atoms with Crippen LogP contribution in [0.2, 0.25) is 5.02 Å². The summed E-state index contributed by atoms with van der Waals surface area (Å²) in [5.74, 6) is -1.63. The first-order valence-electron chi connectivity index (χ1n) is 5.68. The van der Waals surface area contributed by atoms with Gasteiger partial charge in [-0.05, 0) is 40.2 Å². The first-order valence-corrected chi connectivity index (χ1v) is 7.64. The van der Waals surface area contributed by atoms with Gasteiger partial charge in [0.2, 0.25) is 0 Å². The first kappa shape index (κ1) is 16.0. The van der Waals surface area contributed by atoms with Crippen LogP contribution in [0, 0.1) is 0 Å². The number of nitrogens with one attached hydrogen (secondary N) is 1. The van der Waals surface area contributed by atoms with Crippen molar-refractivity contribution in [1.29, 1.82) is 0 Å². The van der Waals surface area contributed by atoms with Gasteiger partial charge in [-0.15, -0.1) is 0 Å². The number of carbonyl (C=O) groups excluding carboxylic acids is 1. The molecule has 2 N–H and O–H groups in total. The van der Waals surface area contributed by atoms with Gasteiger partial charge >= 0.3 is 5.97 Å². The van der Waals surface area contributed by atoms with Crippen LogP contribution in [0.15, 0.2) is 45.3 Å². The van der Waals surface area contributed by atoms with E-state index in [4.69, 9.17) is 11.6 Å². The number of amides is 1. The van der Waals surface area contributed by atoms with Crippen molar-refractivity contribution < 1.29 is 14.7 Å². The van der Waals surface area contributed by atoms with Crippen LogP contribution < -0.4 is 5.32 Å². The summed E-state index contributed by atoms with van der Waals surface area (Å²) in [5, 5.41) is 12.1. The lowest BCUT2D eigenvalue weighted by atomic mass is 10.1. The van der Waals surface area contributed by atoms with Crippen molar-refractivity contribution in [2.75, 3.05) is 5.32 Å². The Balaban J connectivity index is 2.42. The molecule has 2 rings (SSSR count). The second kappa shape index (κ2) is 6.60. The molecule has 0 aromatic heterocycles. The number of halogens is 3. The Hall–Kier alpha value is -1.37. The summed E-state index contributed by atoms with van der Waals surface area (Å²) < 4.78 is 1.04. The van der Waals surface area contributed by atoms with Crippen LogP contribution in [-0.2, 0) is 0 Å². The van der Waals surface area contributed by atoms with Crippen LogP contribution in [0.1, 0.15) is 20.7 Å². The summed E-state index contributed by atoms with van der Waals surface area (Å²) in [5.41, 5.74) is 0.414. The van der Waals surface area contributed by atoms with E-state index in [9.17, 15) is 14.7 Å². The number of hydrogen-bond donors (Lipinski definition) is 2. The van der Waals surface area contributed by atoms with E-state index < -0.39 is 11.9 Å². The summed E-state index contributed by atoms with van der Waals surface area (Å²) in [6.45, 7) is 0. The third kappa shape index (κ3) is 3.64. The Bertz CT molecular complexity index is 734. The molecule has 0 fully saturated rings. The maximum absolute atomic E-state index is 12.2. The quantitative estimate of drug-likeness (QED) is 0.730. The van der Waals surface area contributed by atoms with Crippen LogP contribution in [0.5, 0.6) is 0 Å². The van der Waals surface area contributed by atoms with Crippen molar-refractivity contribution >= 4 is 61.0 Å². The van der Waals surface area contributed by atoms with Crippen LogP contribution in [0.4, 0.5) is 5.69 Å². The summed E-state index contributed by atoms with van der Waals surface area (Å²) in [6, 6.07) is 9.59. The number of anilines is 1. The minimum atomic E-state index is -1.15. The number of aromatic carboxylic acids is 1. The van der Waals surface area contributed by atoms with E-state index in [2.05, 4.69) is 37.2 Å². The van der Waals surface area contributed by atoms with Gasteiger partial charge in [0.05, 0.1) is 21.8 Å². The Morgan fingerprint density at radius 2 is 1.76 bits per heavy atom. The standard InChI is InChI=1S/C14H8Br2ClNO3/c15-7-5-9(14(20)21)12(10(16)6-7)18-13(19)8-3-1-2-4-11(8)17/h1-6H,(H,18,19)(H,20,21). The Labute approximate surface area is 142 Å². The fourth-order valence-electron chi connectivity index (χ4n) is 1.70. The molecule has 0 aliphatic carbocycles. The van der Waals surface area contributed by atoms with Gasteiger partial charge in [0, 0.05) is 8.95 Å². The van der Waals surface area contributed by atoms with Gasteiger partial charge in [-0.2, -0.15) is 0 Å². The molecular formula is C14H8Br2ClNO3. The first-order chi connectivity index (χ1) is 9.90. The molecule has 21 heavy (non-hydrogen) atoms. The summed E-state index contributed by atoms with van der Waals surface area (Å²) in [4.78, 5) is 23.5. The van der Waals surface area contributed by atoms with E-state index in [0.29, 0.717) is 14.0 Å². The summed E-state index contributed by atoms with van der Waals surface area (Å²) in [6.07, 6.45) is 0. The lowest BCUT2D eigenvalue weighted by Crippen LogP contribution is -2.15. The Kier molecular flexibility index (Phi) is 5.03. The molecule has 108 valence electrons. The molecule has 1 amide bonds. The molecule has 0 bridgehead atoms. The average Bonchev–Trinajstić information content (AvgIpc) is 2.41. The average molecular weight is 433 g/mol. The van der Waals surface area contributed by atoms with E-state index in [1.54, 1.807) is 30.3 Å². The highest BCUT2D eigenvalue weighted by atomic mass is 79.9. The van der Waals surface area contributed by atoms with Crippen LogP contribution in [0.25, 0.3) is 0 Å². The zero-order chi connectivity index (χ0) is 15.6. The predicted octanol–water partition coefficient (Wildman–Crippen LogP) is 4.82. The van der Waals surface area contributed by atoms with Gasteiger partial charge in [-0.1, -0.05) is 39.7 Å². The molecule has 2 aromatic rings. The molecule has 0 unspecified atom stereocenters. The van der Waals surface area contributed by atoms with Crippen molar-refractivity contribution in [2.45, 2.75) is 0 Å². The lowest BCUT2D eigenvalue weighted by molar-refractivity contribution is 0.0698. The minimum absolute atomic E-state index is 0.0309. The second-order valence-corrected chi connectivity index (χ2v) is 6.23. The zero-order valence-electron chi connectivity index (χ0n) is 10.4. The molecule has 0 aliphatic heterocycles. The van der Waals surface area contributed by atoms with Crippen LogP contribution in [0.3, 0.4) is 0 Å². The number of carbonyl (C=O) groups is 2. The Morgan fingerprint density at radius 3 is 2.38 bits per heavy atom. The Morgan fingerprint density at radius 1 is 1.10 bits per heavy atom. The van der Waals surface area contributed by atoms with Crippen molar-refractivity contribution in [3.05, 3.63) is 61.5 Å². The molecule has 0 radical (unpaired) electrons. The van der Waals surface area contributed by atoms with Crippen LogP contribution in [-0.4, -0.2) is 17.0 Å². The molecule has 0 heterocycles. The third-order valence-electron chi connectivity index (χ3n) is 2.64. The molecule has 2 aromatic carbocycles. The van der Waals surface area contributed by atoms with Gasteiger partial charge in [-0.3, -0.25) is 4.79 Å². The van der Waals surface area contributed by atoms with Gasteiger partial charge < -0.3 is 10.4 Å². The molecule has 0 saturated carbocycles. The fraction of sp³-hybridized carbons (Fsp3) is 0. The van der Waals surface area contributed by atoms with Crippen molar-refractivity contribution in [2.24, 2.45) is 0 Å².